The molecule has 2 aromatic rings. The van der Waals surface area contributed by atoms with Crippen molar-refractivity contribution in [3.63, 3.8) is 0 Å². The number of nitrogens with zero attached hydrogens (tertiary/aromatic N) is 5. The number of hydrogen-bond acceptors (Lipinski definition) is 8. The van der Waals surface area contributed by atoms with Crippen LogP contribution in [0.2, 0.25) is 0 Å². The molecular formula is C12H17N5O2S. The molecule has 3 rings (SSSR count). The lowest BCUT2D eigenvalue weighted by atomic mass is 10.1. The molecule has 0 atom stereocenters. The Morgan fingerprint density at radius 1 is 1.40 bits per heavy atom. The Hall–Kier alpha value is -1.70. The smallest absolute Gasteiger partial charge is 0.324 e. The van der Waals surface area contributed by atoms with Crippen LogP contribution < -0.4 is 9.64 Å². The van der Waals surface area contributed by atoms with Crippen molar-refractivity contribution in [2.24, 2.45) is 0 Å². The molecule has 0 radical (unpaired) electrons. The molecule has 0 saturated carbocycles. The summed E-state index contributed by atoms with van der Waals surface area (Å²) < 4.78 is 19.1. The van der Waals surface area contributed by atoms with E-state index in [1.54, 1.807) is 6.20 Å². The molecule has 2 aromatic heterocycles. The van der Waals surface area contributed by atoms with E-state index in [-0.39, 0.29) is 12.0 Å². The zero-order valence-corrected chi connectivity index (χ0v) is 12.3. The van der Waals surface area contributed by atoms with Crippen LogP contribution in [0.3, 0.4) is 0 Å². The molecule has 0 amide bonds. The van der Waals surface area contributed by atoms with Crippen molar-refractivity contribution >= 4 is 17.7 Å². The minimum atomic E-state index is 0.183. The van der Waals surface area contributed by atoms with Crippen molar-refractivity contribution in [3.05, 3.63) is 12.0 Å². The Balaban J connectivity index is 1.55. The Kier molecular flexibility index (Phi) is 3.81. The van der Waals surface area contributed by atoms with Crippen LogP contribution in [0, 0.1) is 0 Å². The molecule has 0 unspecified atom stereocenters. The summed E-state index contributed by atoms with van der Waals surface area (Å²) in [4.78, 5) is 6.53. The molecule has 1 aliphatic heterocycles. The fourth-order valence-corrected chi connectivity index (χ4v) is 2.49. The number of aromatic nitrogens is 4. The highest BCUT2D eigenvalue weighted by Gasteiger charge is 2.25. The van der Waals surface area contributed by atoms with E-state index in [1.807, 2.05) is 0 Å². The molecule has 0 spiro atoms. The van der Waals surface area contributed by atoms with Crippen LogP contribution in [0.15, 0.2) is 10.7 Å². The third-order valence-electron chi connectivity index (χ3n) is 3.29. The van der Waals surface area contributed by atoms with Gasteiger partial charge in [-0.2, -0.15) is 9.36 Å². The van der Waals surface area contributed by atoms with Gasteiger partial charge < -0.3 is 14.2 Å². The molecule has 7 nitrogen and oxygen atoms in total. The van der Waals surface area contributed by atoms with Crippen LogP contribution in [0.5, 0.6) is 5.88 Å². The molecule has 20 heavy (non-hydrogen) atoms. The average molecular weight is 295 g/mol. The summed E-state index contributed by atoms with van der Waals surface area (Å²) in [6.07, 6.45) is 3.67. The maximum absolute atomic E-state index is 5.77. The number of ether oxygens (including phenoxy) is 1. The van der Waals surface area contributed by atoms with Gasteiger partial charge in [-0.15, -0.1) is 4.37 Å². The van der Waals surface area contributed by atoms with Crippen LogP contribution in [-0.2, 0) is 0 Å². The van der Waals surface area contributed by atoms with Crippen molar-refractivity contribution in [3.8, 4) is 5.88 Å². The number of rotatable bonds is 4. The van der Waals surface area contributed by atoms with Gasteiger partial charge in [0.1, 0.15) is 12.3 Å². The van der Waals surface area contributed by atoms with Gasteiger partial charge in [0.25, 0.3) is 0 Å². The topological polar surface area (TPSA) is 77.2 Å². The van der Waals surface area contributed by atoms with E-state index in [2.05, 4.69) is 37.6 Å². The Labute approximate surface area is 121 Å². The van der Waals surface area contributed by atoms with E-state index >= 15 is 0 Å². The van der Waals surface area contributed by atoms with Crippen molar-refractivity contribution in [1.29, 1.82) is 0 Å². The van der Waals surface area contributed by atoms with Crippen molar-refractivity contribution in [2.45, 2.75) is 38.7 Å². The molecule has 1 fully saturated rings. The maximum atomic E-state index is 5.77. The maximum Gasteiger partial charge on any atom is 0.324 e. The molecule has 0 aromatic carbocycles. The molecule has 0 aliphatic carbocycles. The zero-order chi connectivity index (χ0) is 13.9. The third-order valence-corrected chi connectivity index (χ3v) is 3.75. The zero-order valence-electron chi connectivity index (χ0n) is 11.5. The van der Waals surface area contributed by atoms with Gasteiger partial charge >= 0.3 is 6.01 Å². The standard InChI is InChI=1S/C12H17N5O2S/c1-8(2)11-14-12(19-15-11)17-5-3-9(4-6-17)18-10-7-13-20-16-10/h7-9H,3-6H2,1-2H3. The second-order valence-electron chi connectivity index (χ2n) is 5.14. The van der Waals surface area contributed by atoms with Gasteiger partial charge in [-0.1, -0.05) is 19.0 Å². The molecule has 8 heteroatoms. The van der Waals surface area contributed by atoms with Gasteiger partial charge in [0.15, 0.2) is 5.82 Å². The molecule has 0 bridgehead atoms. The van der Waals surface area contributed by atoms with Crippen molar-refractivity contribution < 1.29 is 9.26 Å². The van der Waals surface area contributed by atoms with Crippen LogP contribution in [-0.4, -0.2) is 38.1 Å². The molecule has 0 N–H and O–H groups in total. The predicted octanol–water partition coefficient (Wildman–Crippen LogP) is 2.09. The summed E-state index contributed by atoms with van der Waals surface area (Å²) in [6, 6.07) is 0.613. The summed E-state index contributed by atoms with van der Waals surface area (Å²) >= 11 is 1.16. The fourth-order valence-electron chi connectivity index (χ4n) is 2.13. The van der Waals surface area contributed by atoms with Gasteiger partial charge in [0.2, 0.25) is 5.88 Å². The largest absolute Gasteiger partial charge is 0.472 e. The second-order valence-corrected chi connectivity index (χ2v) is 5.70. The van der Waals surface area contributed by atoms with Crippen LogP contribution in [0.4, 0.5) is 6.01 Å². The molecule has 1 saturated heterocycles. The number of piperidine rings is 1. The molecule has 108 valence electrons. The Morgan fingerprint density at radius 2 is 2.20 bits per heavy atom. The van der Waals surface area contributed by atoms with E-state index in [0.717, 1.165) is 43.5 Å². The average Bonchev–Trinajstić information content (AvgIpc) is 3.10. The highest BCUT2D eigenvalue weighted by atomic mass is 32.1. The van der Waals surface area contributed by atoms with Gasteiger partial charge in [-0.3, -0.25) is 0 Å². The predicted molar refractivity (Wildman–Crippen MR) is 74.2 cm³/mol. The van der Waals surface area contributed by atoms with E-state index in [1.165, 1.54) is 0 Å². The van der Waals surface area contributed by atoms with E-state index < -0.39 is 0 Å². The molecule has 3 heterocycles. The summed E-state index contributed by atoms with van der Waals surface area (Å²) in [5.74, 6) is 1.66. The first-order valence-electron chi connectivity index (χ1n) is 6.75. The van der Waals surface area contributed by atoms with E-state index in [0.29, 0.717) is 11.9 Å². The summed E-state index contributed by atoms with van der Waals surface area (Å²) in [5.41, 5.74) is 0. The second kappa shape index (κ2) is 5.74. The lowest BCUT2D eigenvalue weighted by Gasteiger charge is -2.30. The van der Waals surface area contributed by atoms with Crippen molar-refractivity contribution in [2.75, 3.05) is 18.0 Å². The van der Waals surface area contributed by atoms with Crippen LogP contribution in [0.1, 0.15) is 38.4 Å². The minimum Gasteiger partial charge on any atom is -0.472 e. The highest BCUT2D eigenvalue weighted by Crippen LogP contribution is 2.22. The lowest BCUT2D eigenvalue weighted by Crippen LogP contribution is -2.38. The Morgan fingerprint density at radius 3 is 2.80 bits per heavy atom. The fraction of sp³-hybridized carbons (Fsp3) is 0.667. The molecular weight excluding hydrogens is 278 g/mol. The normalized spacial score (nSPS) is 16.9. The summed E-state index contributed by atoms with van der Waals surface area (Å²) in [7, 11) is 0. The summed E-state index contributed by atoms with van der Waals surface area (Å²) in [6.45, 7) is 5.80. The van der Waals surface area contributed by atoms with Gasteiger partial charge in [0, 0.05) is 31.8 Å². The lowest BCUT2D eigenvalue weighted by molar-refractivity contribution is 0.163. The molecule has 1 aliphatic rings. The SMILES string of the molecule is CC(C)c1noc(N2CCC(Oc3cnsn3)CC2)n1. The van der Waals surface area contributed by atoms with Crippen LogP contribution >= 0.6 is 11.7 Å². The van der Waals surface area contributed by atoms with E-state index in [9.17, 15) is 0 Å². The number of anilines is 1. The summed E-state index contributed by atoms with van der Waals surface area (Å²) in [5, 5.41) is 3.99. The van der Waals surface area contributed by atoms with Gasteiger partial charge in [-0.05, 0) is 0 Å². The van der Waals surface area contributed by atoms with Gasteiger partial charge in [-0.25, -0.2) is 0 Å². The Bertz CT molecular complexity index is 534. The van der Waals surface area contributed by atoms with Crippen molar-refractivity contribution in [1.82, 2.24) is 18.9 Å². The first-order valence-corrected chi connectivity index (χ1v) is 7.48. The monoisotopic (exact) mass is 295 g/mol. The van der Waals surface area contributed by atoms with Gasteiger partial charge in [0.05, 0.1) is 11.7 Å². The van der Waals surface area contributed by atoms with Crippen LogP contribution in [0.25, 0.3) is 0 Å². The quantitative estimate of drug-likeness (QED) is 0.854. The highest BCUT2D eigenvalue weighted by molar-refractivity contribution is 6.99. The minimum absolute atomic E-state index is 0.183. The first-order chi connectivity index (χ1) is 9.72. The van der Waals surface area contributed by atoms with E-state index in [4.69, 9.17) is 9.26 Å². The number of hydrogen-bond donors (Lipinski definition) is 0. The first kappa shape index (κ1) is 13.3. The third kappa shape index (κ3) is 2.90.